The second kappa shape index (κ2) is 9.78. The number of carbonyl (C=O) groups excluding carboxylic acids is 1. The third-order valence-electron chi connectivity index (χ3n) is 4.04. The van der Waals surface area contributed by atoms with Gasteiger partial charge in [0.1, 0.15) is 0 Å². The number of amides is 1. The topological polar surface area (TPSA) is 88.3 Å². The zero-order valence-corrected chi connectivity index (χ0v) is 14.5. The van der Waals surface area contributed by atoms with E-state index in [1.165, 1.54) is 5.56 Å². The summed E-state index contributed by atoms with van der Waals surface area (Å²) in [6, 6.07) is 4.06. The molecule has 1 N–H and O–H groups in total. The average Bonchev–Trinajstić information content (AvgIpc) is 3.23. The SMILES string of the molecule is O=C(CCn1cc(Cl)cn1)N1CCC(Cc2cccnc2)C1.O=CO. The van der Waals surface area contributed by atoms with Crippen LogP contribution in [0, 0.1) is 5.92 Å². The Hall–Kier alpha value is -2.41. The highest BCUT2D eigenvalue weighted by molar-refractivity contribution is 6.30. The maximum absolute atomic E-state index is 12.3. The summed E-state index contributed by atoms with van der Waals surface area (Å²) in [6.07, 6.45) is 9.55. The maximum atomic E-state index is 12.3. The lowest BCUT2D eigenvalue weighted by molar-refractivity contribution is -0.130. The standard InChI is InChI=1S/C16H19ClN4O.CH2O2/c17-15-10-19-21(12-15)7-4-16(22)20-6-3-14(11-20)8-13-2-1-5-18-9-13;2-1-3/h1-2,5,9-10,12,14H,3-4,6-8,11H2;1H,(H,2,3). The van der Waals surface area contributed by atoms with Crippen molar-refractivity contribution >= 4 is 24.0 Å². The molecular weight excluding hydrogens is 344 g/mol. The van der Waals surface area contributed by atoms with Gasteiger partial charge in [-0.05, 0) is 30.4 Å². The lowest BCUT2D eigenvalue weighted by atomic mass is 10.0. The molecule has 0 aromatic carbocycles. The van der Waals surface area contributed by atoms with E-state index in [4.69, 9.17) is 21.5 Å². The molecule has 0 spiro atoms. The molecular formula is C17H21ClN4O3. The number of carboxylic acid groups (broad SMARTS) is 1. The fourth-order valence-corrected chi connectivity index (χ4v) is 3.06. The summed E-state index contributed by atoms with van der Waals surface area (Å²) in [5.41, 5.74) is 1.24. The number of hydrogen-bond donors (Lipinski definition) is 1. The zero-order chi connectivity index (χ0) is 18.1. The van der Waals surface area contributed by atoms with Gasteiger partial charge >= 0.3 is 0 Å². The van der Waals surface area contributed by atoms with Crippen molar-refractivity contribution in [3.63, 3.8) is 0 Å². The number of carbonyl (C=O) groups is 2. The van der Waals surface area contributed by atoms with Gasteiger partial charge in [-0.25, -0.2) is 0 Å². The monoisotopic (exact) mass is 364 g/mol. The highest BCUT2D eigenvalue weighted by Crippen LogP contribution is 2.21. The lowest BCUT2D eigenvalue weighted by Crippen LogP contribution is -2.29. The third-order valence-corrected chi connectivity index (χ3v) is 4.24. The zero-order valence-electron chi connectivity index (χ0n) is 13.8. The number of hydrogen-bond acceptors (Lipinski definition) is 4. The number of likely N-dealkylation sites (tertiary alicyclic amines) is 1. The molecule has 2 aromatic heterocycles. The Morgan fingerprint density at radius 3 is 2.88 bits per heavy atom. The molecule has 0 radical (unpaired) electrons. The first kappa shape index (κ1) is 18.9. The summed E-state index contributed by atoms with van der Waals surface area (Å²) in [4.78, 5) is 26.7. The smallest absolute Gasteiger partial charge is 0.290 e. The van der Waals surface area contributed by atoms with Crippen LogP contribution in [0.3, 0.4) is 0 Å². The van der Waals surface area contributed by atoms with Crippen molar-refractivity contribution in [1.82, 2.24) is 19.7 Å². The minimum atomic E-state index is -0.250. The van der Waals surface area contributed by atoms with Crippen molar-refractivity contribution in [2.24, 2.45) is 5.92 Å². The summed E-state index contributed by atoms with van der Waals surface area (Å²) in [6.45, 7) is 2.02. The first-order valence-electron chi connectivity index (χ1n) is 8.05. The molecule has 2 aromatic rings. The molecule has 0 bridgehead atoms. The largest absolute Gasteiger partial charge is 0.483 e. The molecule has 25 heavy (non-hydrogen) atoms. The predicted molar refractivity (Wildman–Crippen MR) is 93.2 cm³/mol. The first-order chi connectivity index (χ1) is 12.1. The minimum absolute atomic E-state index is 0.195. The van der Waals surface area contributed by atoms with Gasteiger partial charge in [0.05, 0.1) is 11.2 Å². The van der Waals surface area contributed by atoms with Crippen LogP contribution in [0.4, 0.5) is 0 Å². The highest BCUT2D eigenvalue weighted by atomic mass is 35.5. The number of nitrogens with zero attached hydrogens (tertiary/aromatic N) is 4. The Morgan fingerprint density at radius 1 is 1.44 bits per heavy atom. The van der Waals surface area contributed by atoms with Crippen molar-refractivity contribution < 1.29 is 14.7 Å². The van der Waals surface area contributed by atoms with Gasteiger partial charge < -0.3 is 10.0 Å². The van der Waals surface area contributed by atoms with Crippen molar-refractivity contribution in [3.8, 4) is 0 Å². The molecule has 3 heterocycles. The number of pyridine rings is 1. The lowest BCUT2D eigenvalue weighted by Gasteiger charge is -2.16. The van der Waals surface area contributed by atoms with Crippen molar-refractivity contribution in [3.05, 3.63) is 47.5 Å². The van der Waals surface area contributed by atoms with Crippen LogP contribution in [0.2, 0.25) is 5.02 Å². The highest BCUT2D eigenvalue weighted by Gasteiger charge is 2.26. The molecule has 134 valence electrons. The van der Waals surface area contributed by atoms with Crippen LogP contribution in [-0.2, 0) is 22.6 Å². The van der Waals surface area contributed by atoms with Crippen LogP contribution < -0.4 is 0 Å². The Bertz CT molecular complexity index is 678. The van der Waals surface area contributed by atoms with Crippen molar-refractivity contribution in [2.75, 3.05) is 13.1 Å². The van der Waals surface area contributed by atoms with E-state index >= 15 is 0 Å². The van der Waals surface area contributed by atoms with Crippen molar-refractivity contribution in [2.45, 2.75) is 25.8 Å². The molecule has 1 atom stereocenters. The van der Waals surface area contributed by atoms with E-state index in [0.717, 1.165) is 25.9 Å². The number of aromatic nitrogens is 3. The Balaban J connectivity index is 0.000000701. The van der Waals surface area contributed by atoms with E-state index in [2.05, 4.69) is 16.1 Å². The molecule has 0 saturated carbocycles. The molecule has 0 aliphatic carbocycles. The number of rotatable bonds is 5. The van der Waals surface area contributed by atoms with Gasteiger partial charge in [0.25, 0.3) is 6.47 Å². The van der Waals surface area contributed by atoms with Crippen molar-refractivity contribution in [1.29, 1.82) is 0 Å². The summed E-state index contributed by atoms with van der Waals surface area (Å²) >= 11 is 5.82. The van der Waals surface area contributed by atoms with Gasteiger partial charge in [-0.15, -0.1) is 0 Å². The maximum Gasteiger partial charge on any atom is 0.290 e. The molecule has 1 fully saturated rings. The molecule has 3 rings (SSSR count). The molecule has 1 amide bonds. The van der Waals surface area contributed by atoms with E-state index in [1.807, 2.05) is 17.2 Å². The second-order valence-corrected chi connectivity index (χ2v) is 6.27. The van der Waals surface area contributed by atoms with Gasteiger partial charge in [-0.2, -0.15) is 5.10 Å². The van der Waals surface area contributed by atoms with Crippen LogP contribution in [0.1, 0.15) is 18.4 Å². The number of halogens is 1. The molecule has 7 nitrogen and oxygen atoms in total. The van der Waals surface area contributed by atoms with Gasteiger partial charge in [0.2, 0.25) is 5.91 Å². The van der Waals surface area contributed by atoms with E-state index < -0.39 is 0 Å². The summed E-state index contributed by atoms with van der Waals surface area (Å²) in [5, 5.41) is 11.6. The quantitative estimate of drug-likeness (QED) is 0.821. The molecule has 1 saturated heterocycles. The van der Waals surface area contributed by atoms with E-state index in [-0.39, 0.29) is 12.4 Å². The van der Waals surface area contributed by atoms with Crippen LogP contribution in [-0.4, -0.2) is 50.2 Å². The fourth-order valence-electron chi connectivity index (χ4n) is 2.91. The third kappa shape index (κ3) is 6.19. The van der Waals surface area contributed by atoms with Gasteiger partial charge in [-0.3, -0.25) is 19.3 Å². The second-order valence-electron chi connectivity index (χ2n) is 5.84. The summed E-state index contributed by atoms with van der Waals surface area (Å²) in [5.74, 6) is 0.729. The molecule has 1 aliphatic rings. The summed E-state index contributed by atoms with van der Waals surface area (Å²) in [7, 11) is 0. The molecule has 1 unspecified atom stereocenters. The van der Waals surface area contributed by atoms with Gasteiger partial charge in [0, 0.05) is 44.6 Å². The van der Waals surface area contributed by atoms with Crippen LogP contribution in [0.15, 0.2) is 36.9 Å². The molecule has 8 heteroatoms. The first-order valence-corrected chi connectivity index (χ1v) is 8.42. The number of aryl methyl sites for hydroxylation is 1. The summed E-state index contributed by atoms with van der Waals surface area (Å²) < 4.78 is 1.71. The van der Waals surface area contributed by atoms with E-state index in [9.17, 15) is 4.79 Å². The fraction of sp³-hybridized carbons (Fsp3) is 0.412. The minimum Gasteiger partial charge on any atom is -0.483 e. The van der Waals surface area contributed by atoms with E-state index in [0.29, 0.717) is 23.9 Å². The van der Waals surface area contributed by atoms with Crippen LogP contribution in [0.25, 0.3) is 0 Å². The Labute approximate surface area is 151 Å². The van der Waals surface area contributed by atoms with Crippen LogP contribution >= 0.6 is 11.6 Å². The normalized spacial score (nSPS) is 16.2. The predicted octanol–water partition coefficient (Wildman–Crippen LogP) is 2.11. The van der Waals surface area contributed by atoms with Gasteiger partial charge in [0.15, 0.2) is 0 Å². The Morgan fingerprint density at radius 2 is 2.24 bits per heavy atom. The average molecular weight is 365 g/mol. The van der Waals surface area contributed by atoms with Gasteiger partial charge in [-0.1, -0.05) is 17.7 Å². The Kier molecular flexibility index (Phi) is 7.40. The van der Waals surface area contributed by atoms with Crippen LogP contribution in [0.5, 0.6) is 0 Å². The molecule has 1 aliphatic heterocycles. The van der Waals surface area contributed by atoms with E-state index in [1.54, 1.807) is 23.3 Å².